The van der Waals surface area contributed by atoms with E-state index in [1.165, 1.54) is 12.1 Å². The van der Waals surface area contributed by atoms with Gasteiger partial charge < -0.3 is 15.6 Å². The third-order valence-electron chi connectivity index (χ3n) is 4.69. The molecule has 1 aromatic carbocycles. The first kappa shape index (κ1) is 16.5. The van der Waals surface area contributed by atoms with Crippen LogP contribution in [0.15, 0.2) is 24.4 Å². The number of benzene rings is 1. The average molecular weight is 331 g/mol. The van der Waals surface area contributed by atoms with Crippen LogP contribution in [0.4, 0.5) is 4.39 Å². The number of fused-ring (bicyclic) bond motifs is 1. The molecule has 0 bridgehead atoms. The molecule has 3 unspecified atom stereocenters. The van der Waals surface area contributed by atoms with Crippen LogP contribution in [0.3, 0.4) is 0 Å². The van der Waals surface area contributed by atoms with E-state index in [0.29, 0.717) is 19.4 Å². The van der Waals surface area contributed by atoms with Crippen LogP contribution in [0, 0.1) is 17.7 Å². The van der Waals surface area contributed by atoms with E-state index in [4.69, 9.17) is 0 Å². The number of amides is 2. The molecule has 3 N–H and O–H groups in total. The van der Waals surface area contributed by atoms with Gasteiger partial charge in [0.15, 0.2) is 0 Å². The van der Waals surface area contributed by atoms with Gasteiger partial charge in [-0.2, -0.15) is 0 Å². The Kier molecular flexibility index (Phi) is 4.55. The first-order chi connectivity index (χ1) is 11.4. The minimum absolute atomic E-state index is 0.000387. The highest BCUT2D eigenvalue weighted by Crippen LogP contribution is 2.22. The van der Waals surface area contributed by atoms with Gasteiger partial charge in [0.05, 0.1) is 5.92 Å². The molecule has 0 spiro atoms. The summed E-state index contributed by atoms with van der Waals surface area (Å²) in [7, 11) is 0. The molecule has 6 heteroatoms. The Balaban J connectivity index is 1.64. The number of rotatable bonds is 4. The van der Waals surface area contributed by atoms with Gasteiger partial charge >= 0.3 is 0 Å². The number of nitrogens with one attached hydrogen (secondary N) is 3. The van der Waals surface area contributed by atoms with E-state index in [1.807, 2.05) is 20.0 Å². The zero-order chi connectivity index (χ0) is 17.3. The summed E-state index contributed by atoms with van der Waals surface area (Å²) in [5, 5.41) is 6.60. The molecule has 2 amide bonds. The maximum Gasteiger partial charge on any atom is 0.225 e. The topological polar surface area (TPSA) is 74.0 Å². The standard InChI is InChI=1S/C18H22FN3O2/c1-10-5-17(23)21-9-15(10)18(24)22-11(2)6-12-8-20-16-4-3-13(19)7-14(12)16/h3-4,7-8,10-11,15,20H,5-6,9H2,1-2H3,(H,21,23)(H,22,24). The van der Waals surface area contributed by atoms with Crippen molar-refractivity contribution in [1.82, 2.24) is 15.6 Å². The lowest BCUT2D eigenvalue weighted by atomic mass is 9.87. The van der Waals surface area contributed by atoms with Crippen LogP contribution in [0.1, 0.15) is 25.8 Å². The molecule has 1 saturated heterocycles. The first-order valence-corrected chi connectivity index (χ1v) is 8.26. The van der Waals surface area contributed by atoms with Crippen molar-refractivity contribution in [3.05, 3.63) is 35.8 Å². The molecule has 3 atom stereocenters. The smallest absolute Gasteiger partial charge is 0.225 e. The molecule has 0 saturated carbocycles. The molecule has 2 aromatic rings. The normalized spacial score (nSPS) is 22.2. The van der Waals surface area contributed by atoms with Crippen LogP contribution in [-0.2, 0) is 16.0 Å². The maximum atomic E-state index is 13.4. The zero-order valence-electron chi connectivity index (χ0n) is 13.9. The molecular weight excluding hydrogens is 309 g/mol. The highest BCUT2D eigenvalue weighted by atomic mass is 19.1. The fraction of sp³-hybridized carbons (Fsp3) is 0.444. The van der Waals surface area contributed by atoms with E-state index in [-0.39, 0.29) is 35.5 Å². The van der Waals surface area contributed by atoms with Crippen LogP contribution in [-0.4, -0.2) is 29.4 Å². The van der Waals surface area contributed by atoms with Gasteiger partial charge in [-0.1, -0.05) is 6.92 Å². The minimum Gasteiger partial charge on any atom is -0.361 e. The van der Waals surface area contributed by atoms with Crippen molar-refractivity contribution >= 4 is 22.7 Å². The molecule has 3 rings (SSSR count). The molecule has 0 aliphatic carbocycles. The van der Waals surface area contributed by atoms with E-state index in [0.717, 1.165) is 16.5 Å². The monoisotopic (exact) mass is 331 g/mol. The molecule has 1 aliphatic rings. The highest BCUT2D eigenvalue weighted by molar-refractivity contribution is 5.85. The molecule has 128 valence electrons. The summed E-state index contributed by atoms with van der Waals surface area (Å²) >= 11 is 0. The first-order valence-electron chi connectivity index (χ1n) is 8.26. The Labute approximate surface area is 140 Å². The van der Waals surface area contributed by atoms with Gasteiger partial charge in [0.25, 0.3) is 0 Å². The summed E-state index contributed by atoms with van der Waals surface area (Å²) in [6.07, 6.45) is 2.85. The van der Waals surface area contributed by atoms with Gasteiger partial charge in [-0.15, -0.1) is 0 Å². The quantitative estimate of drug-likeness (QED) is 0.803. The number of halogens is 1. The van der Waals surface area contributed by atoms with Crippen molar-refractivity contribution in [3.63, 3.8) is 0 Å². The Hall–Kier alpha value is -2.37. The Morgan fingerprint density at radius 2 is 2.25 bits per heavy atom. The molecular formula is C18H22FN3O2. The van der Waals surface area contributed by atoms with Crippen molar-refractivity contribution in [2.24, 2.45) is 11.8 Å². The molecule has 1 fully saturated rings. The number of hydrogen-bond acceptors (Lipinski definition) is 2. The van der Waals surface area contributed by atoms with Crippen LogP contribution in [0.2, 0.25) is 0 Å². The lowest BCUT2D eigenvalue weighted by Gasteiger charge is -2.29. The fourth-order valence-electron chi connectivity index (χ4n) is 3.33. The summed E-state index contributed by atoms with van der Waals surface area (Å²) in [6, 6.07) is 4.56. The third-order valence-corrected chi connectivity index (χ3v) is 4.69. The second-order valence-corrected chi connectivity index (χ2v) is 6.71. The molecule has 1 aromatic heterocycles. The van der Waals surface area contributed by atoms with Crippen molar-refractivity contribution in [3.8, 4) is 0 Å². The second kappa shape index (κ2) is 6.63. The van der Waals surface area contributed by atoms with Gasteiger partial charge in [0, 0.05) is 36.1 Å². The fourth-order valence-corrected chi connectivity index (χ4v) is 3.33. The summed E-state index contributed by atoms with van der Waals surface area (Å²) in [5.41, 5.74) is 1.86. The van der Waals surface area contributed by atoms with E-state index in [9.17, 15) is 14.0 Å². The predicted molar refractivity (Wildman–Crippen MR) is 89.8 cm³/mol. The largest absolute Gasteiger partial charge is 0.361 e. The van der Waals surface area contributed by atoms with E-state index >= 15 is 0 Å². The molecule has 5 nitrogen and oxygen atoms in total. The molecule has 0 radical (unpaired) electrons. The van der Waals surface area contributed by atoms with Crippen LogP contribution in [0.25, 0.3) is 10.9 Å². The third kappa shape index (κ3) is 3.42. The van der Waals surface area contributed by atoms with Crippen LogP contribution in [0.5, 0.6) is 0 Å². The van der Waals surface area contributed by atoms with Crippen molar-refractivity contribution in [2.45, 2.75) is 32.7 Å². The van der Waals surface area contributed by atoms with E-state index < -0.39 is 0 Å². The van der Waals surface area contributed by atoms with Gasteiger partial charge in [0.1, 0.15) is 5.82 Å². The summed E-state index contributed by atoms with van der Waals surface area (Å²) in [5.74, 6) is -0.480. The number of aromatic amines is 1. The predicted octanol–water partition coefficient (Wildman–Crippen LogP) is 2.13. The van der Waals surface area contributed by atoms with E-state index in [2.05, 4.69) is 15.6 Å². The minimum atomic E-state index is -0.271. The number of carbonyl (C=O) groups is 2. The number of carbonyl (C=O) groups excluding carboxylic acids is 2. The van der Waals surface area contributed by atoms with Gasteiger partial charge in [0.2, 0.25) is 11.8 Å². The second-order valence-electron chi connectivity index (χ2n) is 6.71. The van der Waals surface area contributed by atoms with Crippen molar-refractivity contribution < 1.29 is 14.0 Å². The summed E-state index contributed by atoms with van der Waals surface area (Å²) in [4.78, 5) is 26.9. The Morgan fingerprint density at radius 1 is 1.46 bits per heavy atom. The van der Waals surface area contributed by atoms with Crippen LogP contribution >= 0.6 is 0 Å². The molecule has 2 heterocycles. The molecule has 24 heavy (non-hydrogen) atoms. The van der Waals surface area contributed by atoms with Gasteiger partial charge in [-0.25, -0.2) is 4.39 Å². The van der Waals surface area contributed by atoms with Crippen molar-refractivity contribution in [2.75, 3.05) is 6.54 Å². The number of hydrogen-bond donors (Lipinski definition) is 3. The SMILES string of the molecule is CC(Cc1c[nH]c2ccc(F)cc12)NC(=O)C1CNC(=O)CC1C. The summed E-state index contributed by atoms with van der Waals surface area (Å²) < 4.78 is 13.4. The van der Waals surface area contributed by atoms with Gasteiger partial charge in [-0.3, -0.25) is 9.59 Å². The Bertz CT molecular complexity index is 771. The lowest BCUT2D eigenvalue weighted by Crippen LogP contribution is -2.49. The van der Waals surface area contributed by atoms with Crippen LogP contribution < -0.4 is 10.6 Å². The number of piperidine rings is 1. The van der Waals surface area contributed by atoms with Gasteiger partial charge in [-0.05, 0) is 43.0 Å². The number of H-pyrrole nitrogens is 1. The molecule has 1 aliphatic heterocycles. The average Bonchev–Trinajstić information content (AvgIpc) is 2.89. The summed E-state index contributed by atoms with van der Waals surface area (Å²) in [6.45, 7) is 4.25. The Morgan fingerprint density at radius 3 is 3.00 bits per heavy atom. The maximum absolute atomic E-state index is 13.4. The number of aromatic nitrogens is 1. The highest BCUT2D eigenvalue weighted by Gasteiger charge is 2.31. The van der Waals surface area contributed by atoms with Crippen molar-refractivity contribution in [1.29, 1.82) is 0 Å². The zero-order valence-corrected chi connectivity index (χ0v) is 13.9. The lowest BCUT2D eigenvalue weighted by molar-refractivity contribution is -0.131. The van der Waals surface area contributed by atoms with E-state index in [1.54, 1.807) is 6.07 Å².